The van der Waals surface area contributed by atoms with Gasteiger partial charge in [-0.25, -0.2) is 0 Å². The van der Waals surface area contributed by atoms with Crippen molar-refractivity contribution >= 4 is 17.7 Å². The molecule has 134 valence electrons. The van der Waals surface area contributed by atoms with E-state index in [1.807, 2.05) is 11.6 Å². The summed E-state index contributed by atoms with van der Waals surface area (Å²) in [7, 11) is 1.99. The molecule has 0 bridgehead atoms. The van der Waals surface area contributed by atoms with Gasteiger partial charge in [0.2, 0.25) is 5.91 Å². The second-order valence-corrected chi connectivity index (χ2v) is 7.85. The van der Waals surface area contributed by atoms with Crippen LogP contribution >= 0.6 is 11.8 Å². The average Bonchev–Trinajstić information content (AvgIpc) is 3.30. The number of amides is 1. The number of rotatable bonds is 8. The van der Waals surface area contributed by atoms with Crippen LogP contribution in [0.1, 0.15) is 50.8 Å². The Kier molecular flexibility index (Phi) is 6.54. The topological polar surface area (TPSA) is 69.0 Å². The number of carbonyl (C=O) groups is 1. The van der Waals surface area contributed by atoms with Gasteiger partial charge in [0.15, 0.2) is 5.16 Å². The van der Waals surface area contributed by atoms with Gasteiger partial charge in [-0.3, -0.25) is 4.79 Å². The standard InChI is InChI=1S/C17H28N4O2S/c1-21-15(8-9-18-16(22)11-13-5-2-3-6-13)19-20-17(21)24-12-14-7-4-10-23-14/h13-14H,2-12H2,1H3,(H,18,22). The SMILES string of the molecule is Cn1c(CCNC(=O)CC2CCCC2)nnc1SCC1CCCO1. The molecule has 1 saturated carbocycles. The third kappa shape index (κ3) is 4.96. The van der Waals surface area contributed by atoms with Crippen molar-refractivity contribution in [1.82, 2.24) is 20.1 Å². The predicted octanol–water partition coefficient (Wildman–Crippen LogP) is 2.33. The maximum atomic E-state index is 12.0. The van der Waals surface area contributed by atoms with Crippen LogP contribution in [0.3, 0.4) is 0 Å². The Bertz CT molecular complexity index is 537. The van der Waals surface area contributed by atoms with E-state index in [9.17, 15) is 4.79 Å². The zero-order chi connectivity index (χ0) is 16.8. The van der Waals surface area contributed by atoms with E-state index in [4.69, 9.17) is 4.74 Å². The first kappa shape index (κ1) is 17.7. The third-order valence-corrected chi connectivity index (χ3v) is 6.12. The maximum Gasteiger partial charge on any atom is 0.220 e. The van der Waals surface area contributed by atoms with Crippen LogP contribution in [0.25, 0.3) is 0 Å². The fourth-order valence-corrected chi connectivity index (χ4v) is 4.49. The monoisotopic (exact) mass is 352 g/mol. The van der Waals surface area contributed by atoms with E-state index in [-0.39, 0.29) is 5.91 Å². The van der Waals surface area contributed by atoms with E-state index >= 15 is 0 Å². The first-order chi connectivity index (χ1) is 11.7. The molecule has 2 aliphatic rings. The van der Waals surface area contributed by atoms with Gasteiger partial charge in [0.25, 0.3) is 0 Å². The molecule has 1 saturated heterocycles. The summed E-state index contributed by atoms with van der Waals surface area (Å²) in [6.45, 7) is 1.52. The van der Waals surface area contributed by atoms with Crippen molar-refractivity contribution in [2.75, 3.05) is 18.9 Å². The van der Waals surface area contributed by atoms with Crippen LogP contribution in [-0.2, 0) is 23.0 Å². The smallest absolute Gasteiger partial charge is 0.220 e. The number of nitrogens with one attached hydrogen (secondary N) is 1. The Morgan fingerprint density at radius 3 is 2.88 bits per heavy atom. The van der Waals surface area contributed by atoms with Crippen LogP contribution < -0.4 is 5.32 Å². The summed E-state index contributed by atoms with van der Waals surface area (Å²) in [6, 6.07) is 0. The van der Waals surface area contributed by atoms with Crippen LogP contribution in [-0.4, -0.2) is 45.7 Å². The summed E-state index contributed by atoms with van der Waals surface area (Å²) in [4.78, 5) is 12.0. The number of hydrogen-bond acceptors (Lipinski definition) is 5. The molecule has 1 N–H and O–H groups in total. The van der Waals surface area contributed by atoms with Crippen molar-refractivity contribution in [3.8, 4) is 0 Å². The summed E-state index contributed by atoms with van der Waals surface area (Å²) >= 11 is 1.70. The fraction of sp³-hybridized carbons (Fsp3) is 0.824. The van der Waals surface area contributed by atoms with Crippen molar-refractivity contribution in [2.45, 2.75) is 62.6 Å². The zero-order valence-corrected chi connectivity index (χ0v) is 15.3. The summed E-state index contributed by atoms with van der Waals surface area (Å²) in [5.74, 6) is 2.63. The molecular formula is C17H28N4O2S. The number of aromatic nitrogens is 3. The molecule has 1 aliphatic carbocycles. The van der Waals surface area contributed by atoms with Gasteiger partial charge in [-0.05, 0) is 31.6 Å². The lowest BCUT2D eigenvalue weighted by Gasteiger charge is -2.10. The molecule has 0 radical (unpaired) electrons. The molecule has 24 heavy (non-hydrogen) atoms. The lowest BCUT2D eigenvalue weighted by Crippen LogP contribution is -2.27. The fourth-order valence-electron chi connectivity index (χ4n) is 3.49. The Labute approximate surface area is 148 Å². The molecule has 1 aliphatic heterocycles. The first-order valence-corrected chi connectivity index (χ1v) is 10.1. The molecule has 1 amide bonds. The quantitative estimate of drug-likeness (QED) is 0.727. The van der Waals surface area contributed by atoms with Crippen LogP contribution in [0.5, 0.6) is 0 Å². The Balaban J connectivity index is 1.38. The number of nitrogens with zero attached hydrogens (tertiary/aromatic N) is 3. The first-order valence-electron chi connectivity index (χ1n) is 9.11. The highest BCUT2D eigenvalue weighted by atomic mass is 32.2. The van der Waals surface area contributed by atoms with E-state index in [1.165, 1.54) is 25.7 Å². The summed E-state index contributed by atoms with van der Waals surface area (Å²) in [6.07, 6.45) is 9.05. The van der Waals surface area contributed by atoms with Crippen molar-refractivity contribution in [1.29, 1.82) is 0 Å². The Morgan fingerprint density at radius 2 is 2.12 bits per heavy atom. The minimum Gasteiger partial charge on any atom is -0.377 e. The molecular weight excluding hydrogens is 324 g/mol. The largest absolute Gasteiger partial charge is 0.377 e. The van der Waals surface area contributed by atoms with Gasteiger partial charge in [-0.2, -0.15) is 0 Å². The highest BCUT2D eigenvalue weighted by Crippen LogP contribution is 2.27. The molecule has 0 aromatic carbocycles. The molecule has 2 heterocycles. The minimum atomic E-state index is 0.178. The molecule has 2 fully saturated rings. The van der Waals surface area contributed by atoms with Crippen LogP contribution in [0.15, 0.2) is 5.16 Å². The Morgan fingerprint density at radius 1 is 1.29 bits per heavy atom. The van der Waals surface area contributed by atoms with Crippen LogP contribution in [0.2, 0.25) is 0 Å². The van der Waals surface area contributed by atoms with Crippen molar-refractivity contribution in [3.63, 3.8) is 0 Å². The van der Waals surface area contributed by atoms with Crippen LogP contribution in [0.4, 0.5) is 0 Å². The number of carbonyl (C=O) groups excluding carboxylic acids is 1. The predicted molar refractivity (Wildman–Crippen MR) is 94.0 cm³/mol. The van der Waals surface area contributed by atoms with Crippen molar-refractivity contribution in [3.05, 3.63) is 5.82 Å². The van der Waals surface area contributed by atoms with Gasteiger partial charge in [0.05, 0.1) is 6.10 Å². The molecule has 1 aromatic rings. The highest BCUT2D eigenvalue weighted by Gasteiger charge is 2.19. The minimum absolute atomic E-state index is 0.178. The van der Waals surface area contributed by atoms with Gasteiger partial charge in [-0.1, -0.05) is 24.6 Å². The number of hydrogen-bond donors (Lipinski definition) is 1. The lowest BCUT2D eigenvalue weighted by atomic mass is 10.0. The van der Waals surface area contributed by atoms with E-state index in [0.717, 1.165) is 42.6 Å². The van der Waals surface area contributed by atoms with Crippen LogP contribution in [0, 0.1) is 5.92 Å². The normalized spacial score (nSPS) is 21.5. The molecule has 6 nitrogen and oxygen atoms in total. The maximum absolute atomic E-state index is 12.0. The van der Waals surface area contributed by atoms with E-state index in [0.29, 0.717) is 25.0 Å². The van der Waals surface area contributed by atoms with E-state index < -0.39 is 0 Å². The molecule has 1 unspecified atom stereocenters. The molecule has 1 atom stereocenters. The summed E-state index contributed by atoms with van der Waals surface area (Å²) < 4.78 is 7.67. The van der Waals surface area contributed by atoms with Gasteiger partial charge in [0.1, 0.15) is 5.82 Å². The molecule has 0 spiro atoms. The summed E-state index contributed by atoms with van der Waals surface area (Å²) in [5, 5.41) is 12.5. The van der Waals surface area contributed by atoms with Gasteiger partial charge in [-0.15, -0.1) is 10.2 Å². The second-order valence-electron chi connectivity index (χ2n) is 6.86. The van der Waals surface area contributed by atoms with Gasteiger partial charge < -0.3 is 14.6 Å². The van der Waals surface area contributed by atoms with Crippen molar-refractivity contribution < 1.29 is 9.53 Å². The van der Waals surface area contributed by atoms with Gasteiger partial charge >= 0.3 is 0 Å². The van der Waals surface area contributed by atoms with Gasteiger partial charge in [0, 0.05) is 38.8 Å². The molecule has 1 aromatic heterocycles. The molecule has 3 rings (SSSR count). The average molecular weight is 353 g/mol. The third-order valence-electron chi connectivity index (χ3n) is 4.97. The number of ether oxygens (including phenoxy) is 1. The Hall–Kier alpha value is -1.08. The second kappa shape index (κ2) is 8.85. The lowest BCUT2D eigenvalue weighted by molar-refractivity contribution is -0.121. The van der Waals surface area contributed by atoms with E-state index in [2.05, 4.69) is 15.5 Å². The molecule has 7 heteroatoms. The van der Waals surface area contributed by atoms with Crippen molar-refractivity contribution in [2.24, 2.45) is 13.0 Å². The summed E-state index contributed by atoms with van der Waals surface area (Å²) in [5.41, 5.74) is 0. The zero-order valence-electron chi connectivity index (χ0n) is 14.5. The highest BCUT2D eigenvalue weighted by molar-refractivity contribution is 7.99. The van der Waals surface area contributed by atoms with E-state index in [1.54, 1.807) is 11.8 Å². The number of thioether (sulfide) groups is 1.